The van der Waals surface area contributed by atoms with E-state index in [4.69, 9.17) is 9.72 Å². The molecule has 0 radical (unpaired) electrons. The van der Waals surface area contributed by atoms with Gasteiger partial charge in [0, 0.05) is 72.5 Å². The Labute approximate surface area is 471 Å². The van der Waals surface area contributed by atoms with Gasteiger partial charge in [0.15, 0.2) is 0 Å². The summed E-state index contributed by atoms with van der Waals surface area (Å²) in [6.45, 7) is 29.9. The second-order valence-electron chi connectivity index (χ2n) is 24.8. The number of benzene rings is 8. The number of rotatable bonds is 8. The van der Waals surface area contributed by atoms with Crippen LogP contribution in [0.15, 0.2) is 176 Å². The van der Waals surface area contributed by atoms with Gasteiger partial charge in [-0.15, -0.1) is 50.2 Å². The molecule has 5 nitrogen and oxygen atoms in total. The van der Waals surface area contributed by atoms with Crippen molar-refractivity contribution in [2.24, 2.45) is 0 Å². The zero-order valence-corrected chi connectivity index (χ0v) is 49.4. The Morgan fingerprint density at radius 3 is 1.71 bits per heavy atom. The van der Waals surface area contributed by atoms with Crippen molar-refractivity contribution >= 4 is 62.3 Å². The quantitative estimate of drug-likeness (QED) is 0.142. The summed E-state index contributed by atoms with van der Waals surface area (Å²) in [6, 6.07) is 69.9. The second-order valence-corrected chi connectivity index (χ2v) is 26.9. The zero-order chi connectivity index (χ0) is 53.1. The van der Waals surface area contributed by atoms with Gasteiger partial charge in [-0.25, -0.2) is 4.98 Å². The zero-order valence-electron chi connectivity index (χ0n) is 46.3. The summed E-state index contributed by atoms with van der Waals surface area (Å²) in [6.07, 6.45) is 1.94. The average molecular weight is 1210 g/mol. The fourth-order valence-corrected chi connectivity index (χ4v) is 13.6. The van der Waals surface area contributed by atoms with Gasteiger partial charge in [0.2, 0.25) is 0 Å². The molecule has 8 aromatic carbocycles. The minimum atomic E-state index is -0.861. The molecule has 0 aliphatic carbocycles. The monoisotopic (exact) mass is 1200 g/mol. The summed E-state index contributed by atoms with van der Waals surface area (Å²) >= 11 is 0. The molecule has 0 bridgehead atoms. The molecule has 0 spiro atoms. The first kappa shape index (κ1) is 52.2. The van der Waals surface area contributed by atoms with Gasteiger partial charge in [-0.3, -0.25) is 0 Å². The average Bonchev–Trinajstić information content (AvgIpc) is 4.17. The van der Waals surface area contributed by atoms with E-state index in [0.717, 1.165) is 39.6 Å². The van der Waals surface area contributed by atoms with Crippen molar-refractivity contribution in [1.29, 1.82) is 0 Å². The van der Waals surface area contributed by atoms with Gasteiger partial charge in [-0.1, -0.05) is 202 Å². The normalized spacial score (nSPS) is 13.5. The first-order valence-electron chi connectivity index (χ1n) is 26.7. The van der Waals surface area contributed by atoms with Crippen LogP contribution >= 0.6 is 7.53 Å². The first-order valence-corrected chi connectivity index (χ1v) is 28.0. The smallest absolute Gasteiger partial charge is 0.135 e. The predicted octanol–water partition coefficient (Wildman–Crippen LogP) is 20.1. The fraction of sp³-hybridized carbons (Fsp3) is 0.229. The fourth-order valence-electron chi connectivity index (χ4n) is 11.0. The Hall–Kier alpha value is -6.90. The summed E-state index contributed by atoms with van der Waals surface area (Å²) in [5.41, 5.74) is 15.8. The molecule has 3 aromatic heterocycles. The number of anilines is 4. The second kappa shape index (κ2) is 19.2. The molecule has 4 heterocycles. The van der Waals surface area contributed by atoms with E-state index in [2.05, 4.69) is 280 Å². The van der Waals surface area contributed by atoms with Gasteiger partial charge in [0.05, 0.1) is 0 Å². The summed E-state index contributed by atoms with van der Waals surface area (Å²) in [4.78, 5) is 9.68. The van der Waals surface area contributed by atoms with Crippen molar-refractivity contribution in [2.75, 3.05) is 9.80 Å². The molecule has 0 amide bonds. The molecular weight excluding hydrogens is 1140 g/mol. The van der Waals surface area contributed by atoms with Gasteiger partial charge in [0.1, 0.15) is 5.82 Å². The first-order chi connectivity index (χ1) is 36.2. The molecule has 7 heteroatoms. The number of fused-ring (bicyclic) bond motifs is 1. The largest absolute Gasteiger partial charge is 0.509 e. The van der Waals surface area contributed by atoms with Crippen molar-refractivity contribution in [3.05, 3.63) is 217 Å². The van der Waals surface area contributed by atoms with Crippen molar-refractivity contribution in [1.82, 2.24) is 9.55 Å². The van der Waals surface area contributed by atoms with Crippen molar-refractivity contribution < 1.29 is 25.8 Å². The third kappa shape index (κ3) is 9.38. The Morgan fingerprint density at radius 2 is 1.06 bits per heavy atom. The van der Waals surface area contributed by atoms with Crippen LogP contribution in [0.1, 0.15) is 105 Å². The molecule has 1 unspecified atom stereocenters. The van der Waals surface area contributed by atoms with Gasteiger partial charge >= 0.3 is 0 Å². The predicted molar refractivity (Wildman–Crippen MR) is 323 cm³/mol. The standard InChI is InChI=1S/C70H66N4OP.Pt/c1-67(2,3)47-33-34-71-63(40-47)74-59-31-22-32-61-64(59)65-60(74)42-53(43-62(65)76(61)54-27-17-14-18-28-54)75-52-26-21-25-51(41-52)72-44-73(58-30-20-19-29-57(58)72)66-55(45-23-15-13-16-24-45)38-50(70(10,11)12)39-56(66)46-35-48(68(4,5)6)37-49(36-46)69(7,8)9;/h13-40,43-44H,1-12H3;/q-3;. The summed E-state index contributed by atoms with van der Waals surface area (Å²) in [5.74, 6) is 2.12. The maximum absolute atomic E-state index is 7.05. The molecule has 0 fully saturated rings. The summed E-state index contributed by atoms with van der Waals surface area (Å²) in [7, 11) is -0.861. The molecule has 0 saturated heterocycles. The van der Waals surface area contributed by atoms with Crippen LogP contribution in [0.2, 0.25) is 0 Å². The number of hydrogen-bond donors (Lipinski definition) is 0. The van der Waals surface area contributed by atoms with E-state index in [1.54, 1.807) is 0 Å². The molecule has 390 valence electrons. The minimum absolute atomic E-state index is 0. The van der Waals surface area contributed by atoms with Crippen LogP contribution in [0.3, 0.4) is 0 Å². The topological polar surface area (TPSA) is 33.5 Å². The Morgan fingerprint density at radius 1 is 0.481 bits per heavy atom. The minimum Gasteiger partial charge on any atom is -0.509 e. The molecule has 1 aliphatic heterocycles. The van der Waals surface area contributed by atoms with Crippen LogP contribution < -0.4 is 14.5 Å². The molecule has 12 rings (SSSR count). The van der Waals surface area contributed by atoms with Crippen LogP contribution in [-0.4, -0.2) is 9.55 Å². The van der Waals surface area contributed by atoms with Gasteiger partial charge in [-0.2, -0.15) is 6.07 Å². The van der Waals surface area contributed by atoms with Crippen LogP contribution in [0.25, 0.3) is 65.4 Å². The van der Waals surface area contributed by atoms with Gasteiger partial charge in [-0.05, 0) is 113 Å². The van der Waals surface area contributed by atoms with Gasteiger partial charge < -0.3 is 19.1 Å². The Bertz CT molecular complexity index is 3960. The van der Waals surface area contributed by atoms with Crippen LogP contribution in [0.4, 0.5) is 22.7 Å². The van der Waals surface area contributed by atoms with Gasteiger partial charge in [0.25, 0.3) is 0 Å². The molecule has 77 heavy (non-hydrogen) atoms. The van der Waals surface area contributed by atoms with E-state index >= 15 is 0 Å². The summed E-state index contributed by atoms with van der Waals surface area (Å²) < 4.78 is 9.34. The van der Waals surface area contributed by atoms with Crippen molar-refractivity contribution in [2.45, 2.75) is 105 Å². The molecule has 1 atom stereocenters. The van der Waals surface area contributed by atoms with E-state index in [1.807, 2.05) is 12.3 Å². The maximum Gasteiger partial charge on any atom is 0.135 e. The number of hydrogen-bond acceptors (Lipinski definition) is 4. The SMILES string of the molecule is CC(C)(C)c1cc(-c2cc(C(C)(C)C)cc(-c3ccccc3)c2N2[CH-]N(c3[c-]c(Oc4[c-]c5c6c7c(cccc7p(-c7ccccc7)c6c4)n5-c4cc(C(C)(C)C)ccn4)ccc3)c3ccccc32)cc(C(C)(C)C)c1.[Pt]. The number of nitrogens with zero attached hydrogens (tertiary/aromatic N) is 4. The van der Waals surface area contributed by atoms with Crippen molar-refractivity contribution in [3.8, 4) is 44.9 Å². The van der Waals surface area contributed by atoms with E-state index in [1.165, 1.54) is 70.8 Å². The molecule has 0 N–H and O–H groups in total. The third-order valence-corrected chi connectivity index (χ3v) is 17.7. The van der Waals surface area contributed by atoms with Crippen molar-refractivity contribution in [3.63, 3.8) is 0 Å². The number of aromatic nitrogens is 2. The summed E-state index contributed by atoms with van der Waals surface area (Å²) in [5, 5.41) is 6.42. The Kier molecular flexibility index (Phi) is 13.0. The molecule has 11 aromatic rings. The molecular formula is C70H66N4OPPt-3. The molecule has 0 saturated carbocycles. The van der Waals surface area contributed by atoms with Crippen LogP contribution in [-0.2, 0) is 42.7 Å². The number of pyridine rings is 1. The van der Waals surface area contributed by atoms with E-state index in [0.29, 0.717) is 11.5 Å². The van der Waals surface area contributed by atoms with E-state index < -0.39 is 7.53 Å². The third-order valence-electron chi connectivity index (χ3n) is 15.2. The van der Waals surface area contributed by atoms with E-state index in [9.17, 15) is 0 Å². The van der Waals surface area contributed by atoms with Crippen LogP contribution in [0.5, 0.6) is 11.5 Å². The van der Waals surface area contributed by atoms with E-state index in [-0.39, 0.29) is 42.7 Å². The maximum atomic E-state index is 7.05. The Balaban J connectivity index is 0.00000631. The van der Waals surface area contributed by atoms with Crippen LogP contribution in [0, 0.1) is 18.8 Å². The number of ether oxygens (including phenoxy) is 1. The number of para-hydroxylation sites is 2. The molecule has 1 aliphatic rings.